The Labute approximate surface area is 274 Å². The van der Waals surface area contributed by atoms with E-state index in [9.17, 15) is 0 Å². The molecule has 0 amide bonds. The highest BCUT2D eigenvalue weighted by Crippen LogP contribution is 2.21. The molecule has 4 N–H and O–H groups in total. The molecule has 2 nitrogen and oxygen atoms in total. The molecule has 45 heavy (non-hydrogen) atoms. The molecule has 0 aliphatic rings. The summed E-state index contributed by atoms with van der Waals surface area (Å²) in [6.45, 7) is 4.54. The van der Waals surface area contributed by atoms with Crippen molar-refractivity contribution >= 4 is 11.4 Å². The molecule has 240 valence electrons. The van der Waals surface area contributed by atoms with Crippen LogP contribution in [0.4, 0.5) is 11.4 Å². The summed E-state index contributed by atoms with van der Waals surface area (Å²) in [4.78, 5) is 0. The van der Waals surface area contributed by atoms with Gasteiger partial charge >= 0.3 is 0 Å². The van der Waals surface area contributed by atoms with E-state index in [0.717, 1.165) is 24.2 Å². The number of nitrogen functional groups attached to an aromatic ring is 2. The highest BCUT2D eigenvalue weighted by molar-refractivity contribution is 5.42. The largest absolute Gasteiger partial charge is 0.399 e. The van der Waals surface area contributed by atoms with Crippen LogP contribution in [0, 0.1) is 13.8 Å². The van der Waals surface area contributed by atoms with Crippen molar-refractivity contribution in [1.82, 2.24) is 0 Å². The maximum atomic E-state index is 5.82. The van der Waals surface area contributed by atoms with E-state index in [1.807, 2.05) is 24.3 Å². The van der Waals surface area contributed by atoms with E-state index >= 15 is 0 Å². The van der Waals surface area contributed by atoms with Crippen molar-refractivity contribution in [2.75, 3.05) is 11.5 Å². The van der Waals surface area contributed by atoms with E-state index in [1.165, 1.54) is 141 Å². The molecule has 0 atom stereocenters. The summed E-state index contributed by atoms with van der Waals surface area (Å²) >= 11 is 0. The van der Waals surface area contributed by atoms with Crippen LogP contribution in [0.15, 0.2) is 84.9 Å². The van der Waals surface area contributed by atoms with Gasteiger partial charge in [-0.25, -0.2) is 0 Å². The molecular weight excluding hydrogens is 544 g/mol. The molecule has 0 bridgehead atoms. The van der Waals surface area contributed by atoms with E-state index in [2.05, 4.69) is 74.5 Å². The van der Waals surface area contributed by atoms with Gasteiger partial charge < -0.3 is 11.5 Å². The highest BCUT2D eigenvalue weighted by atomic mass is 14.5. The SMILES string of the molecule is Cc1cc(Cc2ccc(N)cc2)ccc1CCCCCCCCCCCCCCCc1ccc(Cc2ccc(N)cc2)cc1C. The third kappa shape index (κ3) is 12.8. The number of hydrogen-bond acceptors (Lipinski definition) is 2. The summed E-state index contributed by atoms with van der Waals surface area (Å²) in [6.07, 6.45) is 22.4. The number of nitrogens with two attached hydrogens (primary N) is 2. The molecule has 2 heteroatoms. The predicted molar refractivity (Wildman–Crippen MR) is 197 cm³/mol. The van der Waals surface area contributed by atoms with E-state index < -0.39 is 0 Å². The van der Waals surface area contributed by atoms with Crippen molar-refractivity contribution in [3.05, 3.63) is 129 Å². The Hall–Kier alpha value is -3.52. The molecule has 0 aliphatic heterocycles. The Bertz CT molecular complexity index is 1290. The van der Waals surface area contributed by atoms with E-state index in [4.69, 9.17) is 11.5 Å². The molecule has 0 aliphatic carbocycles. The van der Waals surface area contributed by atoms with Gasteiger partial charge in [0.15, 0.2) is 0 Å². The highest BCUT2D eigenvalue weighted by Gasteiger charge is 2.04. The van der Waals surface area contributed by atoms with Gasteiger partial charge in [0.25, 0.3) is 0 Å². The number of rotatable bonds is 20. The van der Waals surface area contributed by atoms with Gasteiger partial charge in [-0.2, -0.15) is 0 Å². The summed E-state index contributed by atoms with van der Waals surface area (Å²) in [7, 11) is 0. The van der Waals surface area contributed by atoms with Gasteiger partial charge in [-0.3, -0.25) is 0 Å². The van der Waals surface area contributed by atoms with Gasteiger partial charge in [-0.15, -0.1) is 0 Å². The number of hydrogen-bond donors (Lipinski definition) is 2. The van der Waals surface area contributed by atoms with Gasteiger partial charge in [-0.05, 0) is 121 Å². The molecule has 0 saturated heterocycles. The minimum atomic E-state index is 0.832. The van der Waals surface area contributed by atoms with Gasteiger partial charge in [0, 0.05) is 11.4 Å². The maximum Gasteiger partial charge on any atom is 0.0314 e. The Morgan fingerprint density at radius 1 is 0.356 bits per heavy atom. The first-order valence-electron chi connectivity index (χ1n) is 17.8. The Morgan fingerprint density at radius 3 is 0.956 bits per heavy atom. The first-order chi connectivity index (χ1) is 22.0. The Kier molecular flexibility index (Phi) is 14.6. The number of benzene rings is 4. The first kappa shape index (κ1) is 34.4. The van der Waals surface area contributed by atoms with Gasteiger partial charge in [0.05, 0.1) is 0 Å². The third-order valence-corrected chi connectivity index (χ3v) is 9.48. The summed E-state index contributed by atoms with van der Waals surface area (Å²) in [5, 5.41) is 0. The van der Waals surface area contributed by atoms with Crippen LogP contribution in [-0.2, 0) is 25.7 Å². The van der Waals surface area contributed by atoms with Crippen LogP contribution in [-0.4, -0.2) is 0 Å². The van der Waals surface area contributed by atoms with Crippen molar-refractivity contribution in [2.45, 2.75) is 123 Å². The van der Waals surface area contributed by atoms with Crippen molar-refractivity contribution in [3.8, 4) is 0 Å². The van der Waals surface area contributed by atoms with Gasteiger partial charge in [0.2, 0.25) is 0 Å². The average Bonchev–Trinajstić information content (AvgIpc) is 3.03. The van der Waals surface area contributed by atoms with Crippen molar-refractivity contribution < 1.29 is 0 Å². The quantitative estimate of drug-likeness (QED) is 0.0781. The first-order valence-corrected chi connectivity index (χ1v) is 17.8. The summed E-state index contributed by atoms with van der Waals surface area (Å²) < 4.78 is 0. The predicted octanol–water partition coefficient (Wildman–Crippen LogP) is 11.5. The molecule has 0 radical (unpaired) electrons. The lowest BCUT2D eigenvalue weighted by Crippen LogP contribution is -1.95. The molecule has 4 aromatic carbocycles. The second-order valence-corrected chi connectivity index (χ2v) is 13.5. The van der Waals surface area contributed by atoms with Crippen molar-refractivity contribution in [1.29, 1.82) is 0 Å². The smallest absolute Gasteiger partial charge is 0.0314 e. The fourth-order valence-electron chi connectivity index (χ4n) is 6.61. The normalized spacial score (nSPS) is 11.2. The second kappa shape index (κ2) is 19.1. The van der Waals surface area contributed by atoms with Crippen LogP contribution >= 0.6 is 0 Å². The maximum absolute atomic E-state index is 5.82. The molecule has 4 rings (SSSR count). The molecule has 0 spiro atoms. The summed E-state index contributed by atoms with van der Waals surface area (Å²) in [5.74, 6) is 0. The molecule has 0 saturated carbocycles. The van der Waals surface area contributed by atoms with Gasteiger partial charge in [-0.1, -0.05) is 131 Å². The molecule has 0 aromatic heterocycles. The molecule has 4 aromatic rings. The van der Waals surface area contributed by atoms with E-state index in [-0.39, 0.29) is 0 Å². The molecule has 0 fully saturated rings. The van der Waals surface area contributed by atoms with Crippen LogP contribution in [0.25, 0.3) is 0 Å². The topological polar surface area (TPSA) is 52.0 Å². The van der Waals surface area contributed by atoms with Crippen LogP contribution in [0.2, 0.25) is 0 Å². The van der Waals surface area contributed by atoms with Crippen LogP contribution < -0.4 is 11.5 Å². The summed E-state index contributed by atoms with van der Waals surface area (Å²) in [6, 6.07) is 30.6. The van der Waals surface area contributed by atoms with Crippen molar-refractivity contribution in [2.24, 2.45) is 0 Å². The van der Waals surface area contributed by atoms with E-state index in [1.54, 1.807) is 0 Å². The third-order valence-electron chi connectivity index (χ3n) is 9.48. The van der Waals surface area contributed by atoms with E-state index in [0.29, 0.717) is 0 Å². The zero-order valence-electron chi connectivity index (χ0n) is 28.3. The van der Waals surface area contributed by atoms with Crippen LogP contribution in [0.1, 0.15) is 128 Å². The Balaban J connectivity index is 0.949. The lowest BCUT2D eigenvalue weighted by Gasteiger charge is -2.10. The minimum Gasteiger partial charge on any atom is -0.399 e. The second-order valence-electron chi connectivity index (χ2n) is 13.5. The standard InChI is InChI=1S/C43H58N2/c1-34-30-38(32-36-20-26-42(44)27-21-36)18-24-40(34)16-14-12-10-8-6-4-3-5-7-9-11-13-15-17-41-25-19-39(31-35(41)2)33-37-22-28-43(45)29-23-37/h18-31H,3-17,32-33,44-45H2,1-2H3. The minimum absolute atomic E-state index is 0.832. The fourth-order valence-corrected chi connectivity index (χ4v) is 6.61. The monoisotopic (exact) mass is 602 g/mol. The lowest BCUT2D eigenvalue weighted by molar-refractivity contribution is 0.536. The van der Waals surface area contributed by atoms with Gasteiger partial charge in [0.1, 0.15) is 0 Å². The Morgan fingerprint density at radius 2 is 0.644 bits per heavy atom. The van der Waals surface area contributed by atoms with Crippen LogP contribution in [0.5, 0.6) is 0 Å². The average molecular weight is 603 g/mol. The zero-order chi connectivity index (χ0) is 31.7. The summed E-state index contributed by atoms with van der Waals surface area (Å²) in [5.41, 5.74) is 24.6. The fraction of sp³-hybridized carbons (Fsp3) is 0.442. The number of anilines is 2. The number of unbranched alkanes of at least 4 members (excludes halogenated alkanes) is 12. The molecular formula is C43H58N2. The van der Waals surface area contributed by atoms with Crippen molar-refractivity contribution in [3.63, 3.8) is 0 Å². The number of aryl methyl sites for hydroxylation is 4. The molecule has 0 heterocycles. The van der Waals surface area contributed by atoms with Crippen LogP contribution in [0.3, 0.4) is 0 Å². The molecule has 0 unspecified atom stereocenters. The lowest BCUT2D eigenvalue weighted by atomic mass is 9.96. The zero-order valence-corrected chi connectivity index (χ0v) is 28.3.